The Hall–Kier alpha value is -3.22. The topological polar surface area (TPSA) is 64.7 Å². The third-order valence-electron chi connectivity index (χ3n) is 3.99. The van der Waals surface area contributed by atoms with Crippen molar-refractivity contribution in [2.24, 2.45) is 0 Å². The van der Waals surface area contributed by atoms with E-state index in [1.807, 2.05) is 24.6 Å². The van der Waals surface area contributed by atoms with Gasteiger partial charge >= 0.3 is 0 Å². The SMILES string of the molecule is CCn1ncc(/C=C/C(=O)Nc2cnn(Cc3cccc(F)c3)c2)c1C. The van der Waals surface area contributed by atoms with Crippen LogP contribution in [0.25, 0.3) is 6.08 Å². The van der Waals surface area contributed by atoms with Crippen LogP contribution in [0, 0.1) is 12.7 Å². The monoisotopic (exact) mass is 353 g/mol. The fraction of sp³-hybridized carbons (Fsp3) is 0.211. The van der Waals surface area contributed by atoms with E-state index >= 15 is 0 Å². The summed E-state index contributed by atoms with van der Waals surface area (Å²) in [4.78, 5) is 12.1. The highest BCUT2D eigenvalue weighted by atomic mass is 19.1. The Morgan fingerprint density at radius 2 is 2.15 bits per heavy atom. The summed E-state index contributed by atoms with van der Waals surface area (Å²) in [5, 5.41) is 11.2. The second-order valence-electron chi connectivity index (χ2n) is 5.88. The van der Waals surface area contributed by atoms with E-state index in [4.69, 9.17) is 0 Å². The zero-order valence-electron chi connectivity index (χ0n) is 14.7. The molecule has 1 amide bonds. The first-order valence-electron chi connectivity index (χ1n) is 8.33. The minimum absolute atomic E-state index is 0.251. The lowest BCUT2D eigenvalue weighted by Gasteiger charge is -2.02. The maximum atomic E-state index is 13.2. The third kappa shape index (κ3) is 4.24. The summed E-state index contributed by atoms with van der Waals surface area (Å²) < 4.78 is 16.7. The van der Waals surface area contributed by atoms with Crippen molar-refractivity contribution in [1.82, 2.24) is 19.6 Å². The highest BCUT2D eigenvalue weighted by molar-refractivity contribution is 6.01. The minimum atomic E-state index is -0.282. The molecule has 0 fully saturated rings. The smallest absolute Gasteiger partial charge is 0.248 e. The van der Waals surface area contributed by atoms with Crippen LogP contribution in [0.3, 0.4) is 0 Å². The van der Waals surface area contributed by atoms with Crippen molar-refractivity contribution in [1.29, 1.82) is 0 Å². The fourth-order valence-electron chi connectivity index (χ4n) is 2.63. The lowest BCUT2D eigenvalue weighted by molar-refractivity contribution is -0.111. The number of hydrogen-bond donors (Lipinski definition) is 1. The highest BCUT2D eigenvalue weighted by Crippen LogP contribution is 2.11. The average molecular weight is 353 g/mol. The lowest BCUT2D eigenvalue weighted by Crippen LogP contribution is -2.07. The molecule has 3 rings (SSSR count). The van der Waals surface area contributed by atoms with Crippen LogP contribution in [0.1, 0.15) is 23.7 Å². The molecule has 0 atom stereocenters. The van der Waals surface area contributed by atoms with Gasteiger partial charge in [0, 0.05) is 30.1 Å². The maximum absolute atomic E-state index is 13.2. The van der Waals surface area contributed by atoms with Crippen molar-refractivity contribution in [3.8, 4) is 0 Å². The molecule has 0 aliphatic carbocycles. The molecule has 0 aliphatic heterocycles. The number of carbonyl (C=O) groups excluding carboxylic acids is 1. The number of nitrogens with zero attached hydrogens (tertiary/aromatic N) is 4. The van der Waals surface area contributed by atoms with Gasteiger partial charge in [0.1, 0.15) is 5.82 Å². The number of benzene rings is 1. The van der Waals surface area contributed by atoms with Gasteiger partial charge in [-0.05, 0) is 37.6 Å². The predicted molar refractivity (Wildman–Crippen MR) is 98.0 cm³/mol. The molecule has 0 bridgehead atoms. The van der Waals surface area contributed by atoms with Crippen molar-refractivity contribution >= 4 is 17.7 Å². The lowest BCUT2D eigenvalue weighted by atomic mass is 10.2. The number of aryl methyl sites for hydroxylation is 1. The molecule has 0 saturated carbocycles. The molecule has 1 N–H and O–H groups in total. The van der Waals surface area contributed by atoms with Gasteiger partial charge in [0.25, 0.3) is 0 Å². The van der Waals surface area contributed by atoms with Crippen LogP contribution in [0.15, 0.2) is 48.9 Å². The third-order valence-corrected chi connectivity index (χ3v) is 3.99. The second-order valence-corrected chi connectivity index (χ2v) is 5.88. The number of carbonyl (C=O) groups is 1. The summed E-state index contributed by atoms with van der Waals surface area (Å²) in [6.45, 7) is 5.20. The Kier molecular flexibility index (Phi) is 5.26. The Bertz CT molecular complexity index is 941. The minimum Gasteiger partial charge on any atom is -0.320 e. The van der Waals surface area contributed by atoms with E-state index in [1.165, 1.54) is 18.2 Å². The van der Waals surface area contributed by atoms with Gasteiger partial charge in [-0.1, -0.05) is 12.1 Å². The quantitative estimate of drug-likeness (QED) is 0.692. The number of rotatable bonds is 6. The summed E-state index contributed by atoms with van der Waals surface area (Å²) in [5.74, 6) is -0.533. The van der Waals surface area contributed by atoms with Gasteiger partial charge in [0.2, 0.25) is 5.91 Å². The first-order chi connectivity index (χ1) is 12.5. The highest BCUT2D eigenvalue weighted by Gasteiger charge is 2.05. The Labute approximate surface area is 151 Å². The summed E-state index contributed by atoms with van der Waals surface area (Å²) in [6.07, 6.45) is 8.21. The maximum Gasteiger partial charge on any atom is 0.248 e. The molecule has 7 heteroatoms. The normalized spacial score (nSPS) is 11.2. The Morgan fingerprint density at radius 1 is 1.31 bits per heavy atom. The van der Waals surface area contributed by atoms with E-state index in [2.05, 4.69) is 15.5 Å². The standard InChI is InChI=1S/C19H20FN5O/c1-3-25-14(2)16(10-22-25)7-8-19(26)23-18-11-21-24(13-18)12-15-5-4-6-17(20)9-15/h4-11,13H,3,12H2,1-2H3,(H,23,26)/b8-7+. The zero-order valence-corrected chi connectivity index (χ0v) is 14.7. The van der Waals surface area contributed by atoms with Crippen molar-refractivity contribution in [3.63, 3.8) is 0 Å². The molecule has 26 heavy (non-hydrogen) atoms. The summed E-state index contributed by atoms with van der Waals surface area (Å²) in [6, 6.07) is 6.34. The molecule has 3 aromatic rings. The Balaban J connectivity index is 1.60. The van der Waals surface area contributed by atoms with Crippen LogP contribution in [0.5, 0.6) is 0 Å². The van der Waals surface area contributed by atoms with Gasteiger partial charge in [-0.15, -0.1) is 0 Å². The van der Waals surface area contributed by atoms with E-state index in [0.29, 0.717) is 12.2 Å². The number of anilines is 1. The molecule has 0 saturated heterocycles. The van der Waals surface area contributed by atoms with Crippen LogP contribution in [-0.2, 0) is 17.9 Å². The van der Waals surface area contributed by atoms with Crippen molar-refractivity contribution in [2.75, 3.05) is 5.32 Å². The van der Waals surface area contributed by atoms with Gasteiger partial charge in [-0.2, -0.15) is 10.2 Å². The molecule has 2 heterocycles. The number of hydrogen-bond acceptors (Lipinski definition) is 3. The molecular formula is C19H20FN5O. The van der Waals surface area contributed by atoms with Crippen LogP contribution in [0.4, 0.5) is 10.1 Å². The van der Waals surface area contributed by atoms with Gasteiger partial charge in [-0.3, -0.25) is 14.2 Å². The fourth-order valence-corrected chi connectivity index (χ4v) is 2.63. The van der Waals surface area contributed by atoms with Gasteiger partial charge in [0.05, 0.1) is 24.6 Å². The molecule has 2 aromatic heterocycles. The van der Waals surface area contributed by atoms with E-state index in [1.54, 1.807) is 35.4 Å². The van der Waals surface area contributed by atoms with Crippen LogP contribution >= 0.6 is 0 Å². The van der Waals surface area contributed by atoms with Gasteiger partial charge in [0.15, 0.2) is 0 Å². The number of halogens is 1. The molecule has 0 spiro atoms. The van der Waals surface area contributed by atoms with Crippen LogP contribution in [-0.4, -0.2) is 25.5 Å². The summed E-state index contributed by atoms with van der Waals surface area (Å²) >= 11 is 0. The van der Waals surface area contributed by atoms with E-state index < -0.39 is 0 Å². The molecule has 134 valence electrons. The largest absolute Gasteiger partial charge is 0.320 e. The molecule has 0 radical (unpaired) electrons. The van der Waals surface area contributed by atoms with E-state index in [9.17, 15) is 9.18 Å². The molecule has 1 aromatic carbocycles. The number of aromatic nitrogens is 4. The van der Waals surface area contributed by atoms with Crippen molar-refractivity contribution in [2.45, 2.75) is 26.9 Å². The van der Waals surface area contributed by atoms with Crippen LogP contribution < -0.4 is 5.32 Å². The van der Waals surface area contributed by atoms with E-state index in [0.717, 1.165) is 23.4 Å². The van der Waals surface area contributed by atoms with Crippen molar-refractivity contribution in [3.05, 3.63) is 71.6 Å². The molecule has 0 aliphatic rings. The first-order valence-corrected chi connectivity index (χ1v) is 8.33. The predicted octanol–water partition coefficient (Wildman–Crippen LogP) is 3.25. The van der Waals surface area contributed by atoms with Gasteiger partial charge in [-0.25, -0.2) is 4.39 Å². The molecule has 6 nitrogen and oxygen atoms in total. The van der Waals surface area contributed by atoms with Crippen molar-refractivity contribution < 1.29 is 9.18 Å². The first kappa shape index (κ1) is 17.6. The van der Waals surface area contributed by atoms with E-state index in [-0.39, 0.29) is 11.7 Å². The molecular weight excluding hydrogens is 333 g/mol. The second kappa shape index (κ2) is 7.77. The summed E-state index contributed by atoms with van der Waals surface area (Å²) in [7, 11) is 0. The Morgan fingerprint density at radius 3 is 2.88 bits per heavy atom. The van der Waals surface area contributed by atoms with Crippen LogP contribution in [0.2, 0.25) is 0 Å². The average Bonchev–Trinajstić information content (AvgIpc) is 3.19. The van der Waals surface area contributed by atoms with Gasteiger partial charge < -0.3 is 5.32 Å². The summed E-state index contributed by atoms with van der Waals surface area (Å²) in [5.41, 5.74) is 3.30. The molecule has 0 unspecified atom stereocenters. The zero-order chi connectivity index (χ0) is 18.5. The number of amides is 1. The number of nitrogens with one attached hydrogen (secondary N) is 1.